The van der Waals surface area contributed by atoms with Gasteiger partial charge in [-0.2, -0.15) is 18.3 Å². The Morgan fingerprint density at radius 1 is 1.31 bits per heavy atom. The molecule has 0 radical (unpaired) electrons. The summed E-state index contributed by atoms with van der Waals surface area (Å²) in [6, 6.07) is -0.557. The third kappa shape index (κ3) is 3.97. The van der Waals surface area contributed by atoms with Crippen LogP contribution in [0.25, 0.3) is 0 Å². The molecule has 1 aromatic heterocycles. The van der Waals surface area contributed by atoms with E-state index in [1.807, 2.05) is 0 Å². The number of hydrogen-bond acceptors (Lipinski definition) is 3. The maximum atomic E-state index is 12.9. The van der Waals surface area contributed by atoms with Gasteiger partial charge in [0, 0.05) is 19.2 Å². The Morgan fingerprint density at radius 3 is 2.62 bits per heavy atom. The number of urea groups is 1. The van der Waals surface area contributed by atoms with Crippen molar-refractivity contribution < 1.29 is 22.7 Å². The van der Waals surface area contributed by atoms with Crippen LogP contribution in [0.4, 0.5) is 23.8 Å². The fraction of sp³-hybridized carbons (Fsp3) is 0.765. The molecule has 1 unspecified atom stereocenters. The van der Waals surface area contributed by atoms with Gasteiger partial charge < -0.3 is 10.1 Å². The number of aromatic nitrogens is 2. The van der Waals surface area contributed by atoms with E-state index < -0.39 is 17.9 Å². The zero-order chi connectivity index (χ0) is 18.9. The van der Waals surface area contributed by atoms with Crippen molar-refractivity contribution in [2.45, 2.75) is 69.8 Å². The third-order valence-electron chi connectivity index (χ3n) is 5.38. The van der Waals surface area contributed by atoms with Crippen LogP contribution in [0.1, 0.15) is 56.2 Å². The van der Waals surface area contributed by atoms with Gasteiger partial charge in [0.25, 0.3) is 0 Å². The van der Waals surface area contributed by atoms with Gasteiger partial charge in [-0.05, 0) is 32.6 Å². The number of rotatable bonds is 3. The molecule has 26 heavy (non-hydrogen) atoms. The van der Waals surface area contributed by atoms with E-state index in [4.69, 9.17) is 4.74 Å². The Balaban J connectivity index is 1.53. The molecule has 1 aromatic rings. The van der Waals surface area contributed by atoms with E-state index >= 15 is 0 Å². The van der Waals surface area contributed by atoms with Crippen LogP contribution in [0.15, 0.2) is 0 Å². The molecule has 2 amide bonds. The third-order valence-corrected chi connectivity index (χ3v) is 5.38. The number of halogens is 3. The van der Waals surface area contributed by atoms with Crippen molar-refractivity contribution in [3.05, 3.63) is 11.3 Å². The van der Waals surface area contributed by atoms with E-state index in [-0.39, 0.29) is 23.1 Å². The number of nitrogens with zero attached hydrogens (tertiary/aromatic N) is 2. The Bertz CT molecular complexity index is 666. The van der Waals surface area contributed by atoms with Gasteiger partial charge in [-0.25, -0.2) is 4.79 Å². The predicted molar refractivity (Wildman–Crippen MR) is 89.9 cm³/mol. The van der Waals surface area contributed by atoms with E-state index in [1.165, 1.54) is 33.2 Å². The van der Waals surface area contributed by atoms with E-state index in [9.17, 15) is 18.0 Å². The number of hydrogen-bond donors (Lipinski definition) is 2. The van der Waals surface area contributed by atoms with Crippen LogP contribution in [0.2, 0.25) is 0 Å². The van der Waals surface area contributed by atoms with Crippen LogP contribution >= 0.6 is 0 Å². The minimum Gasteiger partial charge on any atom is -0.370 e. The molecule has 1 aliphatic carbocycles. The molecular formula is C17H25F3N4O2. The van der Waals surface area contributed by atoms with Crippen molar-refractivity contribution in [3.63, 3.8) is 0 Å². The lowest BCUT2D eigenvalue weighted by atomic mass is 9.83. The van der Waals surface area contributed by atoms with Gasteiger partial charge in [0.05, 0.1) is 11.7 Å². The Kier molecular flexibility index (Phi) is 5.18. The molecule has 1 atom stereocenters. The topological polar surface area (TPSA) is 68.2 Å². The highest BCUT2D eigenvalue weighted by atomic mass is 19.4. The number of nitrogens with one attached hydrogen (secondary N) is 2. The van der Waals surface area contributed by atoms with Crippen molar-refractivity contribution in [2.75, 3.05) is 11.9 Å². The molecule has 146 valence electrons. The summed E-state index contributed by atoms with van der Waals surface area (Å²) in [5.41, 5.74) is -1.12. The van der Waals surface area contributed by atoms with Crippen LogP contribution < -0.4 is 10.6 Å². The number of amides is 2. The molecule has 9 heteroatoms. The van der Waals surface area contributed by atoms with Crippen LogP contribution in [-0.4, -0.2) is 34.1 Å². The summed E-state index contributed by atoms with van der Waals surface area (Å²) < 4.78 is 45.9. The number of carbonyl (C=O) groups is 1. The van der Waals surface area contributed by atoms with Gasteiger partial charge in [-0.15, -0.1) is 0 Å². The first-order chi connectivity index (χ1) is 12.2. The average molecular weight is 374 g/mol. The second-order valence-corrected chi connectivity index (χ2v) is 7.30. The number of anilines is 1. The molecule has 6 nitrogen and oxygen atoms in total. The van der Waals surface area contributed by atoms with Crippen molar-refractivity contribution in [3.8, 4) is 0 Å². The van der Waals surface area contributed by atoms with Crippen LogP contribution in [0.3, 0.4) is 0 Å². The van der Waals surface area contributed by atoms with E-state index in [0.29, 0.717) is 6.54 Å². The van der Waals surface area contributed by atoms with Crippen LogP contribution in [0.5, 0.6) is 0 Å². The second kappa shape index (κ2) is 7.09. The lowest BCUT2D eigenvalue weighted by Crippen LogP contribution is -2.38. The largest absolute Gasteiger partial charge is 0.435 e. The number of aryl methyl sites for hydroxylation is 1. The normalized spacial score (nSPS) is 22.6. The Labute approximate surface area is 150 Å². The quantitative estimate of drug-likeness (QED) is 0.847. The molecule has 1 aliphatic heterocycles. The molecule has 2 N–H and O–H groups in total. The standard InChI is InChI=1S/C17H25F3N4O2/c1-11-13(17(18,19)20)23-24(2)14(11)22-15(25)21-10-12-6-9-16(26-12)7-4-3-5-8-16/h12H,3-10H2,1-2H3,(H2,21,22,25). The maximum Gasteiger partial charge on any atom is 0.435 e. The molecular weight excluding hydrogens is 349 g/mol. The first kappa shape index (κ1) is 19.0. The summed E-state index contributed by atoms with van der Waals surface area (Å²) in [6.07, 6.45) is 3.07. The Morgan fingerprint density at radius 2 is 2.00 bits per heavy atom. The second-order valence-electron chi connectivity index (χ2n) is 7.30. The molecule has 2 fully saturated rings. The summed E-state index contributed by atoms with van der Waals surface area (Å²) in [6.45, 7) is 1.63. The predicted octanol–water partition coefficient (Wildman–Crippen LogP) is 3.75. The van der Waals surface area contributed by atoms with Crippen molar-refractivity contribution >= 4 is 11.8 Å². The highest BCUT2D eigenvalue weighted by Gasteiger charge is 2.41. The fourth-order valence-corrected chi connectivity index (χ4v) is 4.04. The summed E-state index contributed by atoms with van der Waals surface area (Å²) in [7, 11) is 1.37. The van der Waals surface area contributed by atoms with E-state index in [0.717, 1.165) is 30.4 Å². The van der Waals surface area contributed by atoms with Gasteiger partial charge in [0.1, 0.15) is 5.82 Å². The zero-order valence-corrected chi connectivity index (χ0v) is 15.1. The van der Waals surface area contributed by atoms with Crippen molar-refractivity contribution in [1.29, 1.82) is 0 Å². The smallest absolute Gasteiger partial charge is 0.370 e. The van der Waals surface area contributed by atoms with Crippen molar-refractivity contribution in [2.24, 2.45) is 7.05 Å². The van der Waals surface area contributed by atoms with E-state index in [1.54, 1.807) is 0 Å². The van der Waals surface area contributed by atoms with Gasteiger partial charge in [-0.1, -0.05) is 19.3 Å². The molecule has 0 aromatic carbocycles. The number of alkyl halides is 3. The maximum absolute atomic E-state index is 12.9. The minimum absolute atomic E-state index is 0.0265. The molecule has 1 saturated heterocycles. The summed E-state index contributed by atoms with van der Waals surface area (Å²) in [5.74, 6) is 0.0333. The summed E-state index contributed by atoms with van der Waals surface area (Å²) in [4.78, 5) is 12.1. The first-order valence-electron chi connectivity index (χ1n) is 9.04. The highest BCUT2D eigenvalue weighted by molar-refractivity contribution is 5.89. The van der Waals surface area contributed by atoms with Gasteiger partial charge in [-0.3, -0.25) is 10.00 Å². The SMILES string of the molecule is Cc1c(C(F)(F)F)nn(C)c1NC(=O)NCC1CCC2(CCCCC2)O1. The zero-order valence-electron chi connectivity index (χ0n) is 15.1. The molecule has 1 saturated carbocycles. The average Bonchev–Trinajstić information content (AvgIpc) is 3.09. The molecule has 1 spiro atoms. The molecule has 2 aliphatic rings. The van der Waals surface area contributed by atoms with Gasteiger partial charge >= 0.3 is 12.2 Å². The lowest BCUT2D eigenvalue weighted by Gasteiger charge is -2.33. The molecule has 2 heterocycles. The molecule has 3 rings (SSSR count). The highest BCUT2D eigenvalue weighted by Crippen LogP contribution is 2.41. The lowest BCUT2D eigenvalue weighted by molar-refractivity contribution is -0.141. The van der Waals surface area contributed by atoms with Crippen LogP contribution in [-0.2, 0) is 18.0 Å². The number of carbonyl (C=O) groups excluding carboxylic acids is 1. The summed E-state index contributed by atoms with van der Waals surface area (Å²) >= 11 is 0. The Hall–Kier alpha value is -1.77. The minimum atomic E-state index is -4.55. The van der Waals surface area contributed by atoms with Crippen molar-refractivity contribution in [1.82, 2.24) is 15.1 Å². The van der Waals surface area contributed by atoms with Gasteiger partial charge in [0.2, 0.25) is 0 Å². The van der Waals surface area contributed by atoms with Crippen LogP contribution in [0, 0.1) is 6.92 Å². The fourth-order valence-electron chi connectivity index (χ4n) is 4.04. The van der Waals surface area contributed by atoms with Gasteiger partial charge in [0.15, 0.2) is 5.69 Å². The molecule has 0 bridgehead atoms. The first-order valence-corrected chi connectivity index (χ1v) is 9.04. The monoisotopic (exact) mass is 374 g/mol. The number of ether oxygens (including phenoxy) is 1. The summed E-state index contributed by atoms with van der Waals surface area (Å²) in [5, 5.41) is 8.61. The van der Waals surface area contributed by atoms with E-state index in [2.05, 4.69) is 15.7 Å².